The molecule has 2 aromatic heterocycles. The number of alkyl halides is 2. The van der Waals surface area contributed by atoms with Crippen molar-refractivity contribution in [3.63, 3.8) is 0 Å². The van der Waals surface area contributed by atoms with E-state index in [4.69, 9.17) is 9.47 Å². The van der Waals surface area contributed by atoms with Gasteiger partial charge in [-0.3, -0.25) is 9.80 Å². The minimum Gasteiger partial charge on any atom is -0.444 e. The number of rotatable bonds is 5. The summed E-state index contributed by atoms with van der Waals surface area (Å²) in [7, 11) is 0. The van der Waals surface area contributed by atoms with Crippen LogP contribution in [0.2, 0.25) is 0 Å². The lowest BCUT2D eigenvalue weighted by Crippen LogP contribution is -2.37. The summed E-state index contributed by atoms with van der Waals surface area (Å²) in [6.45, 7) is 10.6. The number of benzene rings is 2. The van der Waals surface area contributed by atoms with Crippen molar-refractivity contribution in [2.75, 3.05) is 13.1 Å². The van der Waals surface area contributed by atoms with E-state index in [-0.39, 0.29) is 25.9 Å². The first-order valence-electron chi connectivity index (χ1n) is 16.2. The van der Waals surface area contributed by atoms with Crippen LogP contribution in [0.25, 0.3) is 33.6 Å². The fourth-order valence-electron chi connectivity index (χ4n) is 6.12. The van der Waals surface area contributed by atoms with Gasteiger partial charge in [0.2, 0.25) is 0 Å². The van der Waals surface area contributed by atoms with Gasteiger partial charge in [-0.1, -0.05) is 48.5 Å². The van der Waals surface area contributed by atoms with E-state index < -0.39 is 47.8 Å². The molecule has 4 aromatic rings. The van der Waals surface area contributed by atoms with E-state index in [9.17, 15) is 18.4 Å². The zero-order valence-electron chi connectivity index (χ0n) is 28.1. The molecule has 0 saturated carbocycles. The lowest BCUT2D eigenvalue weighted by Gasteiger charge is -2.27. The highest BCUT2D eigenvalue weighted by molar-refractivity contribution is 5.72. The van der Waals surface area contributed by atoms with Gasteiger partial charge in [0.05, 0.1) is 49.0 Å². The van der Waals surface area contributed by atoms with Crippen LogP contribution in [0.5, 0.6) is 0 Å². The molecule has 0 radical (unpaired) electrons. The molecule has 254 valence electrons. The lowest BCUT2D eigenvalue weighted by atomic mass is 10.0. The number of H-pyrrole nitrogens is 2. The van der Waals surface area contributed by atoms with E-state index in [1.54, 1.807) is 53.9 Å². The van der Waals surface area contributed by atoms with Crippen LogP contribution in [0, 0.1) is 0 Å². The Morgan fingerprint density at radius 2 is 0.979 bits per heavy atom. The average molecular weight is 661 g/mol. The van der Waals surface area contributed by atoms with Gasteiger partial charge in [0, 0.05) is 12.8 Å². The SMILES string of the molecule is CC(C)(C)OC(=O)N1C[C@H](F)C[C@H]1c1ncc(-c2ccc(-c3ccc(-c4cnc([C@@H]5C[C@@H](F)CN5C(=O)OC(C)(C)C)[nH]4)cc3)cc2)[nH]1. The molecule has 0 bridgehead atoms. The molecule has 2 amide bonds. The summed E-state index contributed by atoms with van der Waals surface area (Å²) in [5, 5.41) is 0. The molecule has 12 heteroatoms. The standard InChI is InChI=1S/C36H42F2N6O4/c1-35(2,3)47-33(45)43-19-25(37)15-29(43)31-39-17-27(41-31)23-11-7-21(8-12-23)22-9-13-24(14-10-22)28-18-40-32(42-28)30-16-26(38)20-44(30)34(46)48-36(4,5)6/h7-14,17-18,25-26,29-30H,15-16,19-20H2,1-6H3,(H,39,41)(H,40,42)/t25-,26-,29+,30+/m1/s1. The molecule has 6 rings (SSSR count). The minimum atomic E-state index is -1.15. The Morgan fingerprint density at radius 3 is 1.31 bits per heavy atom. The van der Waals surface area contributed by atoms with E-state index >= 15 is 0 Å². The number of hydrogen-bond donors (Lipinski definition) is 2. The molecule has 0 aliphatic carbocycles. The molecule has 4 atom stereocenters. The fraction of sp³-hybridized carbons (Fsp3) is 0.444. The summed E-state index contributed by atoms with van der Waals surface area (Å²) >= 11 is 0. The van der Waals surface area contributed by atoms with Crippen molar-refractivity contribution >= 4 is 12.2 Å². The second kappa shape index (κ2) is 12.7. The molecule has 10 nitrogen and oxygen atoms in total. The first-order chi connectivity index (χ1) is 22.6. The second-order valence-corrected chi connectivity index (χ2v) is 14.5. The minimum absolute atomic E-state index is 0.0303. The Hall–Kier alpha value is -4.74. The number of carbonyl (C=O) groups is 2. The number of aromatic nitrogens is 4. The van der Waals surface area contributed by atoms with Crippen molar-refractivity contribution in [1.82, 2.24) is 29.7 Å². The zero-order chi connectivity index (χ0) is 34.4. The van der Waals surface area contributed by atoms with Crippen molar-refractivity contribution in [2.45, 2.75) is 90.0 Å². The van der Waals surface area contributed by atoms with Crippen LogP contribution < -0.4 is 0 Å². The number of ether oxygens (including phenoxy) is 2. The van der Waals surface area contributed by atoms with E-state index in [2.05, 4.69) is 19.9 Å². The van der Waals surface area contributed by atoms with Gasteiger partial charge in [-0.15, -0.1) is 0 Å². The largest absolute Gasteiger partial charge is 0.444 e. The molecule has 2 N–H and O–H groups in total. The van der Waals surface area contributed by atoms with Gasteiger partial charge in [-0.2, -0.15) is 0 Å². The zero-order valence-corrected chi connectivity index (χ0v) is 28.1. The third-order valence-corrected chi connectivity index (χ3v) is 8.30. The van der Waals surface area contributed by atoms with E-state index in [1.807, 2.05) is 48.5 Å². The third kappa shape index (κ3) is 7.37. The number of aromatic amines is 2. The molecule has 4 heterocycles. The van der Waals surface area contributed by atoms with Gasteiger partial charge >= 0.3 is 12.2 Å². The highest BCUT2D eigenvalue weighted by atomic mass is 19.1. The monoisotopic (exact) mass is 660 g/mol. The molecule has 2 aliphatic rings. The van der Waals surface area contributed by atoms with Crippen LogP contribution in [-0.4, -0.2) is 78.6 Å². The number of likely N-dealkylation sites (tertiary alicyclic amines) is 2. The summed E-state index contributed by atoms with van der Waals surface area (Å²) in [5.74, 6) is 1.04. The first kappa shape index (κ1) is 33.2. The van der Waals surface area contributed by atoms with Gasteiger partial charge in [0.1, 0.15) is 35.2 Å². The third-order valence-electron chi connectivity index (χ3n) is 8.30. The maximum Gasteiger partial charge on any atom is 0.411 e. The van der Waals surface area contributed by atoms with E-state index in [0.717, 1.165) is 33.6 Å². The smallest absolute Gasteiger partial charge is 0.411 e. The van der Waals surface area contributed by atoms with Gasteiger partial charge in [-0.05, 0) is 63.8 Å². The molecule has 2 aromatic carbocycles. The molecular weight excluding hydrogens is 618 g/mol. The predicted octanol–water partition coefficient (Wildman–Crippen LogP) is 8.17. The highest BCUT2D eigenvalue weighted by Gasteiger charge is 2.41. The normalized spacial score (nSPS) is 21.5. The quantitative estimate of drug-likeness (QED) is 0.223. The van der Waals surface area contributed by atoms with Gasteiger partial charge in [0.25, 0.3) is 0 Å². The number of amides is 2. The molecule has 2 aliphatic heterocycles. The molecule has 0 unspecified atom stereocenters. The van der Waals surface area contributed by atoms with Crippen molar-refractivity contribution in [3.8, 4) is 33.6 Å². The Balaban J connectivity index is 1.12. The van der Waals surface area contributed by atoms with Crippen LogP contribution in [0.15, 0.2) is 60.9 Å². The molecule has 0 spiro atoms. The highest BCUT2D eigenvalue weighted by Crippen LogP contribution is 2.36. The van der Waals surface area contributed by atoms with E-state index in [0.29, 0.717) is 11.6 Å². The van der Waals surface area contributed by atoms with Crippen LogP contribution in [0.4, 0.5) is 18.4 Å². The summed E-state index contributed by atoms with van der Waals surface area (Å²) in [6, 6.07) is 14.9. The number of carbonyl (C=O) groups excluding carboxylic acids is 2. The molecule has 48 heavy (non-hydrogen) atoms. The topological polar surface area (TPSA) is 116 Å². The Labute approximate surface area is 278 Å². The number of imidazole rings is 2. The number of nitrogens with one attached hydrogen (secondary N) is 2. The molecule has 2 saturated heterocycles. The van der Waals surface area contributed by atoms with Crippen molar-refractivity contribution in [3.05, 3.63) is 72.6 Å². The fourth-order valence-corrected chi connectivity index (χ4v) is 6.12. The van der Waals surface area contributed by atoms with Crippen LogP contribution >= 0.6 is 0 Å². The Bertz CT molecular complexity index is 1630. The van der Waals surface area contributed by atoms with Crippen molar-refractivity contribution in [2.24, 2.45) is 0 Å². The predicted molar refractivity (Wildman–Crippen MR) is 177 cm³/mol. The Kier molecular flexibility index (Phi) is 8.78. The van der Waals surface area contributed by atoms with Crippen LogP contribution in [0.1, 0.15) is 78.1 Å². The maximum absolute atomic E-state index is 14.4. The van der Waals surface area contributed by atoms with Crippen molar-refractivity contribution in [1.29, 1.82) is 0 Å². The van der Waals surface area contributed by atoms with Gasteiger partial charge in [0.15, 0.2) is 0 Å². The summed E-state index contributed by atoms with van der Waals surface area (Å²) < 4.78 is 39.8. The summed E-state index contributed by atoms with van der Waals surface area (Å²) in [6.07, 6.45) is 0.302. The number of nitrogens with zero attached hydrogens (tertiary/aromatic N) is 4. The number of hydrogen-bond acceptors (Lipinski definition) is 6. The molecular formula is C36H42F2N6O4. The summed E-state index contributed by atoms with van der Waals surface area (Å²) in [4.78, 5) is 43.8. The van der Waals surface area contributed by atoms with Crippen molar-refractivity contribution < 1.29 is 27.8 Å². The van der Waals surface area contributed by atoms with Gasteiger partial charge in [-0.25, -0.2) is 28.3 Å². The van der Waals surface area contributed by atoms with E-state index in [1.165, 1.54) is 9.80 Å². The number of halogens is 2. The van der Waals surface area contributed by atoms with Gasteiger partial charge < -0.3 is 19.4 Å². The summed E-state index contributed by atoms with van der Waals surface area (Å²) in [5.41, 5.74) is 3.99. The second-order valence-electron chi connectivity index (χ2n) is 14.5. The Morgan fingerprint density at radius 1 is 0.646 bits per heavy atom. The first-order valence-corrected chi connectivity index (χ1v) is 16.2. The lowest BCUT2D eigenvalue weighted by molar-refractivity contribution is 0.0201. The van der Waals surface area contributed by atoms with Crippen LogP contribution in [0.3, 0.4) is 0 Å². The maximum atomic E-state index is 14.4. The van der Waals surface area contributed by atoms with Crippen LogP contribution in [-0.2, 0) is 9.47 Å². The average Bonchev–Trinajstić information content (AvgIpc) is 3.81. The molecule has 2 fully saturated rings.